The van der Waals surface area contributed by atoms with Crippen LogP contribution in [0.5, 0.6) is 0 Å². The molecule has 0 aromatic heterocycles. The molecule has 0 atom stereocenters. The summed E-state index contributed by atoms with van der Waals surface area (Å²) in [4.78, 5) is 10.3. The predicted molar refractivity (Wildman–Crippen MR) is 61.7 cm³/mol. The molecule has 0 aliphatic rings. The SMILES string of the molecule is O=C(O)c1cccc(Br)c1.O=S(=O)(Cl)Cl. The lowest BCUT2D eigenvalue weighted by Crippen LogP contribution is -1.94. The summed E-state index contributed by atoms with van der Waals surface area (Å²) in [6.07, 6.45) is 0. The van der Waals surface area contributed by atoms with Gasteiger partial charge in [0.1, 0.15) is 0 Å². The van der Waals surface area contributed by atoms with Crippen LogP contribution in [0.2, 0.25) is 0 Å². The van der Waals surface area contributed by atoms with Crippen LogP contribution in [0.25, 0.3) is 0 Å². The summed E-state index contributed by atoms with van der Waals surface area (Å²) >= 11 is 3.17. The number of halogens is 3. The highest BCUT2D eigenvalue weighted by molar-refractivity contribution is 9.10. The third kappa shape index (κ3) is 9.99. The Hall–Kier alpha value is -0.300. The van der Waals surface area contributed by atoms with Gasteiger partial charge < -0.3 is 5.11 Å². The van der Waals surface area contributed by atoms with E-state index in [1.165, 1.54) is 0 Å². The molecule has 0 unspecified atom stereocenters. The molecule has 84 valence electrons. The molecule has 0 radical (unpaired) electrons. The quantitative estimate of drug-likeness (QED) is 0.801. The zero-order chi connectivity index (χ0) is 12.1. The van der Waals surface area contributed by atoms with E-state index >= 15 is 0 Å². The third-order valence-electron chi connectivity index (χ3n) is 1.07. The maximum absolute atomic E-state index is 10.3. The van der Waals surface area contributed by atoms with Crippen molar-refractivity contribution in [3.05, 3.63) is 34.3 Å². The lowest BCUT2D eigenvalue weighted by atomic mass is 10.2. The molecular weight excluding hydrogens is 331 g/mol. The van der Waals surface area contributed by atoms with Gasteiger partial charge in [-0.25, -0.2) is 4.79 Å². The van der Waals surface area contributed by atoms with Gasteiger partial charge in [-0.1, -0.05) is 22.0 Å². The highest BCUT2D eigenvalue weighted by Crippen LogP contribution is 2.10. The van der Waals surface area contributed by atoms with Gasteiger partial charge >= 0.3 is 14.2 Å². The van der Waals surface area contributed by atoms with Crippen LogP contribution in [0.1, 0.15) is 10.4 Å². The Kier molecular flexibility index (Phi) is 6.19. The van der Waals surface area contributed by atoms with Gasteiger partial charge in [0.15, 0.2) is 0 Å². The second-order valence-corrected chi connectivity index (χ2v) is 6.78. The maximum atomic E-state index is 10.3. The molecule has 0 spiro atoms. The van der Waals surface area contributed by atoms with E-state index in [-0.39, 0.29) is 0 Å². The molecule has 0 aliphatic heterocycles. The molecule has 1 aromatic carbocycles. The molecule has 1 aromatic rings. The Bertz CT molecular complexity index is 438. The fourth-order valence-electron chi connectivity index (χ4n) is 0.622. The summed E-state index contributed by atoms with van der Waals surface area (Å²) in [5.41, 5.74) is 0.300. The molecule has 0 saturated carbocycles. The van der Waals surface area contributed by atoms with E-state index in [2.05, 4.69) is 37.3 Å². The second kappa shape index (κ2) is 6.32. The minimum atomic E-state index is -3.72. The van der Waals surface area contributed by atoms with Crippen LogP contribution in [0.15, 0.2) is 28.7 Å². The largest absolute Gasteiger partial charge is 0.478 e. The fraction of sp³-hybridized carbons (Fsp3) is 0. The second-order valence-electron chi connectivity index (χ2n) is 2.19. The normalized spacial score (nSPS) is 10.1. The molecule has 1 rings (SSSR count). The lowest BCUT2D eigenvalue weighted by molar-refractivity contribution is 0.0697. The Morgan fingerprint density at radius 2 is 1.80 bits per heavy atom. The van der Waals surface area contributed by atoms with Crippen LogP contribution in [-0.2, 0) is 8.26 Å². The first kappa shape index (κ1) is 14.7. The van der Waals surface area contributed by atoms with E-state index in [1.807, 2.05) is 0 Å². The van der Waals surface area contributed by atoms with Crippen molar-refractivity contribution in [2.24, 2.45) is 0 Å². The molecule has 1 N–H and O–H groups in total. The van der Waals surface area contributed by atoms with E-state index in [9.17, 15) is 4.79 Å². The topological polar surface area (TPSA) is 71.4 Å². The maximum Gasteiger partial charge on any atom is 0.335 e. The Morgan fingerprint density at radius 3 is 2.07 bits per heavy atom. The molecule has 4 nitrogen and oxygen atoms in total. The Balaban J connectivity index is 0.000000336. The minimum Gasteiger partial charge on any atom is -0.478 e. The summed E-state index contributed by atoms with van der Waals surface area (Å²) in [5, 5.41) is 8.49. The van der Waals surface area contributed by atoms with Crippen molar-refractivity contribution < 1.29 is 18.3 Å². The van der Waals surface area contributed by atoms with Crippen LogP contribution >= 0.6 is 37.3 Å². The molecule has 0 fully saturated rings. The number of carboxylic acids is 1. The summed E-state index contributed by atoms with van der Waals surface area (Å²) in [6.45, 7) is 0. The Morgan fingerprint density at radius 1 is 1.33 bits per heavy atom. The van der Waals surface area contributed by atoms with Crippen LogP contribution in [-0.4, -0.2) is 19.5 Å². The van der Waals surface area contributed by atoms with Crippen LogP contribution < -0.4 is 0 Å². The van der Waals surface area contributed by atoms with Crippen molar-refractivity contribution in [3.8, 4) is 0 Å². The third-order valence-corrected chi connectivity index (χ3v) is 1.56. The minimum absolute atomic E-state index is 0.300. The molecule has 0 heterocycles. The van der Waals surface area contributed by atoms with Gasteiger partial charge in [-0.2, -0.15) is 8.42 Å². The van der Waals surface area contributed by atoms with Crippen molar-refractivity contribution in [2.45, 2.75) is 0 Å². The van der Waals surface area contributed by atoms with Crippen LogP contribution in [0.3, 0.4) is 0 Å². The van der Waals surface area contributed by atoms with Gasteiger partial charge in [0, 0.05) is 25.8 Å². The number of hydrogen-bond donors (Lipinski definition) is 1. The van der Waals surface area contributed by atoms with Crippen LogP contribution in [0.4, 0.5) is 0 Å². The molecule has 0 amide bonds. The first-order chi connectivity index (χ1) is 6.70. The Labute approximate surface area is 104 Å². The van der Waals surface area contributed by atoms with Crippen molar-refractivity contribution >= 4 is 51.5 Å². The van der Waals surface area contributed by atoms with Crippen molar-refractivity contribution in [1.82, 2.24) is 0 Å². The molecule has 0 saturated heterocycles. The monoisotopic (exact) mass is 334 g/mol. The van der Waals surface area contributed by atoms with Crippen molar-refractivity contribution in [2.75, 3.05) is 0 Å². The van der Waals surface area contributed by atoms with Gasteiger partial charge in [-0.15, -0.1) is 0 Å². The highest BCUT2D eigenvalue weighted by Gasteiger charge is 2.00. The zero-order valence-electron chi connectivity index (χ0n) is 7.02. The average molecular weight is 336 g/mol. The molecule has 0 aliphatic carbocycles. The van der Waals surface area contributed by atoms with E-state index in [0.717, 1.165) is 4.47 Å². The standard InChI is InChI=1S/C7H5BrO2.Cl2O2S/c8-6-3-1-2-5(4-6)7(9)10;1-5(2,3)4/h1-4H,(H,9,10);. The number of hydrogen-bond acceptors (Lipinski definition) is 3. The molecule has 0 bridgehead atoms. The van der Waals surface area contributed by atoms with Crippen molar-refractivity contribution in [1.29, 1.82) is 0 Å². The smallest absolute Gasteiger partial charge is 0.335 e. The van der Waals surface area contributed by atoms with Gasteiger partial charge in [0.2, 0.25) is 0 Å². The summed E-state index contributed by atoms with van der Waals surface area (Å²) in [7, 11) is 4.81. The van der Waals surface area contributed by atoms with E-state index < -0.39 is 14.2 Å². The highest BCUT2D eigenvalue weighted by atomic mass is 79.9. The molecule has 8 heteroatoms. The van der Waals surface area contributed by atoms with Gasteiger partial charge in [-0.3, -0.25) is 0 Å². The van der Waals surface area contributed by atoms with E-state index in [4.69, 9.17) is 13.5 Å². The average Bonchev–Trinajstić information content (AvgIpc) is 2.00. The number of benzene rings is 1. The molecular formula is C7H5BrCl2O4S. The zero-order valence-corrected chi connectivity index (χ0v) is 10.9. The number of carboxylic acid groups (broad SMARTS) is 1. The first-order valence-corrected chi connectivity index (χ1v) is 7.26. The fourth-order valence-corrected chi connectivity index (χ4v) is 1.02. The molecule has 15 heavy (non-hydrogen) atoms. The predicted octanol–water partition coefficient (Wildman–Crippen LogP) is 2.86. The number of carbonyl (C=O) groups is 1. The lowest BCUT2D eigenvalue weighted by Gasteiger charge is -1.92. The summed E-state index contributed by atoms with van der Waals surface area (Å²) in [5.74, 6) is -0.902. The number of aromatic carboxylic acids is 1. The van der Waals surface area contributed by atoms with E-state index in [0.29, 0.717) is 5.56 Å². The summed E-state index contributed by atoms with van der Waals surface area (Å²) in [6, 6.07) is 6.58. The van der Waals surface area contributed by atoms with Gasteiger partial charge in [0.05, 0.1) is 5.56 Å². The van der Waals surface area contributed by atoms with Gasteiger partial charge in [0.25, 0.3) is 0 Å². The first-order valence-electron chi connectivity index (χ1n) is 3.33. The van der Waals surface area contributed by atoms with Crippen molar-refractivity contribution in [3.63, 3.8) is 0 Å². The van der Waals surface area contributed by atoms with Crippen LogP contribution in [0, 0.1) is 0 Å². The van der Waals surface area contributed by atoms with E-state index in [1.54, 1.807) is 24.3 Å². The van der Waals surface area contributed by atoms with Gasteiger partial charge in [-0.05, 0) is 18.2 Å². The summed E-state index contributed by atoms with van der Waals surface area (Å²) < 4.78 is 19.1. The number of rotatable bonds is 1.